The van der Waals surface area contributed by atoms with Gasteiger partial charge in [0.05, 0.1) is 36.7 Å². The molecule has 8 bridgehead atoms. The number of carbonyl (C=O) groups excluding carboxylic acids is 2. The monoisotopic (exact) mass is 582 g/mol. The van der Waals surface area contributed by atoms with Gasteiger partial charge in [0.2, 0.25) is 0 Å². The first kappa shape index (κ1) is 30.3. The molecule has 3 aromatic heterocycles. The van der Waals surface area contributed by atoms with Gasteiger partial charge in [-0.2, -0.15) is 0 Å². The van der Waals surface area contributed by atoms with Crippen LogP contribution in [-0.4, -0.2) is 46.1 Å². The zero-order valence-corrected chi connectivity index (χ0v) is 26.7. The summed E-state index contributed by atoms with van der Waals surface area (Å²) in [7, 11) is 2.82. The van der Waals surface area contributed by atoms with Crippen molar-refractivity contribution in [1.82, 2.24) is 19.9 Å². The van der Waals surface area contributed by atoms with E-state index in [4.69, 9.17) is 19.4 Å². The van der Waals surface area contributed by atoms with Crippen LogP contribution in [0.15, 0.2) is 18.2 Å². The number of H-pyrrole nitrogens is 2. The number of hydrogen-bond donors (Lipinski definition) is 2. The molecular formula is C35H42N4O4. The molecule has 2 atom stereocenters. The van der Waals surface area contributed by atoms with Crippen molar-refractivity contribution in [3.63, 3.8) is 0 Å². The highest BCUT2D eigenvalue weighted by Crippen LogP contribution is 2.42. The summed E-state index contributed by atoms with van der Waals surface area (Å²) in [4.78, 5) is 42.9. The van der Waals surface area contributed by atoms with Crippen LogP contribution in [0.4, 0.5) is 0 Å². The lowest BCUT2D eigenvalue weighted by molar-refractivity contribution is -0.140. The van der Waals surface area contributed by atoms with Gasteiger partial charge in [-0.3, -0.25) is 9.78 Å². The van der Waals surface area contributed by atoms with E-state index < -0.39 is 5.97 Å². The number of nitrogens with zero attached hydrogens (tertiary/aromatic N) is 2. The van der Waals surface area contributed by atoms with Gasteiger partial charge in [0.15, 0.2) is 0 Å². The number of aryl methyl sites for hydroxylation is 4. The Morgan fingerprint density at radius 2 is 1.53 bits per heavy atom. The van der Waals surface area contributed by atoms with Crippen LogP contribution in [0.3, 0.4) is 0 Å². The van der Waals surface area contributed by atoms with Gasteiger partial charge in [0.1, 0.15) is 0 Å². The standard InChI is InChI=1S/C35H42N4O4/c1-10-22-17(3)25-14-27-19(5)24(12-13-31(40)42-8)33(38-27)21(7)34-32(35(41)43-9)20(6)28(39-34)16-30-23(11-2)18(4)26(37-30)15-29(22)36-25/h14-16,19,24,36,39H,10-13H2,1-9H3/t19-,24-/m0/s1. The summed E-state index contributed by atoms with van der Waals surface area (Å²) in [5.74, 6) is -0.656. The first-order valence-electron chi connectivity index (χ1n) is 15.1. The molecule has 2 aliphatic rings. The van der Waals surface area contributed by atoms with Crippen molar-refractivity contribution < 1.29 is 19.1 Å². The van der Waals surface area contributed by atoms with E-state index in [1.54, 1.807) is 0 Å². The SMILES string of the molecule is CCC1=C(C)c2cc3[nH]c(cc4nc(c(C)c5[nH]c(cc1n2)c(C)c5C(=O)OC)[C@@H](CCC(=O)OC)[C@@H]4C)c(C)c3CC. The molecule has 2 N–H and O–H groups in total. The molecule has 5 rings (SSSR count). The van der Waals surface area contributed by atoms with Gasteiger partial charge < -0.3 is 19.4 Å². The van der Waals surface area contributed by atoms with Crippen LogP contribution in [-0.2, 0) is 20.7 Å². The molecular weight excluding hydrogens is 540 g/mol. The third-order valence-electron chi connectivity index (χ3n) is 9.39. The first-order valence-corrected chi connectivity index (χ1v) is 15.1. The lowest BCUT2D eigenvalue weighted by atomic mass is 9.86. The van der Waals surface area contributed by atoms with Crippen molar-refractivity contribution in [2.45, 2.75) is 86.0 Å². The molecule has 226 valence electrons. The number of carbonyl (C=O) groups is 2. The number of hydrogen-bond acceptors (Lipinski definition) is 6. The smallest absolute Gasteiger partial charge is 0.340 e. The van der Waals surface area contributed by atoms with Crippen molar-refractivity contribution in [2.24, 2.45) is 0 Å². The van der Waals surface area contributed by atoms with Crippen LogP contribution in [0.2, 0.25) is 0 Å². The van der Waals surface area contributed by atoms with Crippen LogP contribution in [0.1, 0.15) is 114 Å². The maximum Gasteiger partial charge on any atom is 0.340 e. The van der Waals surface area contributed by atoms with E-state index in [1.807, 2.05) is 19.9 Å². The third-order valence-corrected chi connectivity index (χ3v) is 9.39. The van der Waals surface area contributed by atoms with E-state index in [0.29, 0.717) is 17.5 Å². The molecule has 2 aliphatic heterocycles. The number of esters is 2. The summed E-state index contributed by atoms with van der Waals surface area (Å²) in [5, 5.41) is 0. The number of allylic oxidation sites excluding steroid dienone is 2. The fourth-order valence-corrected chi connectivity index (χ4v) is 6.74. The molecule has 0 saturated heterocycles. The van der Waals surface area contributed by atoms with Gasteiger partial charge in [0.25, 0.3) is 0 Å². The molecule has 5 heterocycles. The Kier molecular flexibility index (Phi) is 8.32. The lowest BCUT2D eigenvalue weighted by Crippen LogP contribution is -2.09. The Bertz CT molecular complexity index is 1820. The zero-order valence-electron chi connectivity index (χ0n) is 26.7. The Labute approximate surface area is 253 Å². The van der Waals surface area contributed by atoms with E-state index in [9.17, 15) is 9.59 Å². The summed E-state index contributed by atoms with van der Waals surface area (Å²) < 4.78 is 10.2. The Morgan fingerprint density at radius 1 is 0.837 bits per heavy atom. The minimum absolute atomic E-state index is 0.0391. The molecule has 0 unspecified atom stereocenters. The van der Waals surface area contributed by atoms with Crippen molar-refractivity contribution in [3.05, 3.63) is 68.8 Å². The zero-order chi connectivity index (χ0) is 31.2. The topological polar surface area (TPSA) is 110 Å². The predicted octanol–water partition coefficient (Wildman–Crippen LogP) is 7.77. The highest BCUT2D eigenvalue weighted by Gasteiger charge is 2.32. The normalized spacial score (nSPS) is 16.5. The molecule has 8 heteroatoms. The van der Waals surface area contributed by atoms with Gasteiger partial charge in [-0.1, -0.05) is 20.8 Å². The lowest BCUT2D eigenvalue weighted by Gasteiger charge is -2.16. The number of aromatic nitrogens is 4. The summed E-state index contributed by atoms with van der Waals surface area (Å²) in [6.45, 7) is 14.7. The number of methoxy groups -OCH3 is 2. The van der Waals surface area contributed by atoms with Crippen LogP contribution in [0, 0.1) is 20.8 Å². The second-order valence-corrected chi connectivity index (χ2v) is 11.6. The van der Waals surface area contributed by atoms with E-state index in [-0.39, 0.29) is 24.2 Å². The number of rotatable bonds is 6. The van der Waals surface area contributed by atoms with E-state index in [0.717, 1.165) is 68.9 Å². The summed E-state index contributed by atoms with van der Waals surface area (Å²) in [6.07, 6.45) is 2.58. The van der Waals surface area contributed by atoms with Crippen molar-refractivity contribution >= 4 is 45.2 Å². The molecule has 43 heavy (non-hydrogen) atoms. The Morgan fingerprint density at radius 3 is 2.19 bits per heavy atom. The van der Waals surface area contributed by atoms with Crippen LogP contribution < -0.4 is 0 Å². The van der Waals surface area contributed by atoms with Crippen LogP contribution in [0.25, 0.3) is 33.2 Å². The predicted molar refractivity (Wildman–Crippen MR) is 171 cm³/mol. The molecule has 0 saturated carbocycles. The van der Waals surface area contributed by atoms with Crippen LogP contribution >= 0.6 is 0 Å². The molecule has 3 aromatic rings. The van der Waals surface area contributed by atoms with Crippen molar-refractivity contribution in [3.8, 4) is 0 Å². The van der Waals surface area contributed by atoms with Gasteiger partial charge >= 0.3 is 11.9 Å². The number of nitrogens with one attached hydrogen (secondary N) is 2. The highest BCUT2D eigenvalue weighted by molar-refractivity contribution is 6.03. The highest BCUT2D eigenvalue weighted by atomic mass is 16.5. The molecule has 0 radical (unpaired) electrons. The second kappa shape index (κ2) is 11.8. The van der Waals surface area contributed by atoms with E-state index in [2.05, 4.69) is 56.7 Å². The molecule has 0 spiro atoms. The maximum absolute atomic E-state index is 13.2. The Hall–Kier alpha value is -4.20. The minimum Gasteiger partial charge on any atom is -0.469 e. The van der Waals surface area contributed by atoms with Crippen molar-refractivity contribution in [2.75, 3.05) is 14.2 Å². The molecule has 0 aliphatic carbocycles. The van der Waals surface area contributed by atoms with Gasteiger partial charge in [-0.25, -0.2) is 9.78 Å². The van der Waals surface area contributed by atoms with Crippen molar-refractivity contribution in [1.29, 1.82) is 0 Å². The Balaban J connectivity index is 1.96. The fraction of sp³-hybridized carbons (Fsp3) is 0.429. The average Bonchev–Trinajstić information content (AvgIpc) is 3.68. The quantitative estimate of drug-likeness (QED) is 0.287. The second-order valence-electron chi connectivity index (χ2n) is 11.6. The fourth-order valence-electron chi connectivity index (χ4n) is 6.74. The third kappa shape index (κ3) is 5.17. The van der Waals surface area contributed by atoms with E-state index in [1.165, 1.54) is 30.9 Å². The summed E-state index contributed by atoms with van der Waals surface area (Å²) >= 11 is 0. The number of aromatic amines is 2. The van der Waals surface area contributed by atoms with Gasteiger partial charge in [-0.05, 0) is 98.6 Å². The maximum atomic E-state index is 13.2. The molecule has 0 fully saturated rings. The average molecular weight is 583 g/mol. The van der Waals surface area contributed by atoms with Crippen LogP contribution in [0.5, 0.6) is 0 Å². The molecule has 0 amide bonds. The summed E-state index contributed by atoms with van der Waals surface area (Å²) in [6, 6.07) is 6.34. The number of ether oxygens (including phenoxy) is 2. The van der Waals surface area contributed by atoms with Gasteiger partial charge in [0, 0.05) is 46.2 Å². The van der Waals surface area contributed by atoms with E-state index >= 15 is 0 Å². The molecule has 8 nitrogen and oxygen atoms in total. The molecule has 0 aromatic carbocycles. The van der Waals surface area contributed by atoms with Gasteiger partial charge in [-0.15, -0.1) is 0 Å². The minimum atomic E-state index is -0.410. The largest absolute Gasteiger partial charge is 0.469 e. The first-order chi connectivity index (χ1) is 20.5. The summed E-state index contributed by atoms with van der Waals surface area (Å²) in [5.41, 5.74) is 14.1. The number of fused-ring (bicyclic) bond motifs is 8.